The number of hydrogen-bond donors (Lipinski definition) is 1. The molecule has 8 heteroatoms. The first kappa shape index (κ1) is 23.6. The van der Waals surface area contributed by atoms with Crippen LogP contribution in [-0.4, -0.2) is 46.7 Å². The van der Waals surface area contributed by atoms with E-state index in [4.69, 9.17) is 4.52 Å². The van der Waals surface area contributed by atoms with Crippen LogP contribution in [0.25, 0.3) is 11.4 Å². The molecule has 0 bridgehead atoms. The van der Waals surface area contributed by atoms with Crippen molar-refractivity contribution in [3.63, 3.8) is 0 Å². The molecular weight excluding hydrogens is 454 g/mol. The molecule has 36 heavy (non-hydrogen) atoms. The summed E-state index contributed by atoms with van der Waals surface area (Å²) in [5.41, 5.74) is 4.84. The van der Waals surface area contributed by atoms with Crippen molar-refractivity contribution in [1.29, 1.82) is 0 Å². The molecule has 0 saturated carbocycles. The van der Waals surface area contributed by atoms with Crippen LogP contribution in [0.3, 0.4) is 0 Å². The summed E-state index contributed by atoms with van der Waals surface area (Å²) in [6.45, 7) is 6.63. The second-order valence-electron chi connectivity index (χ2n) is 9.02. The molecule has 2 heterocycles. The minimum absolute atomic E-state index is 0.183. The smallest absolute Gasteiger partial charge is 0.369 e. The predicted molar refractivity (Wildman–Crippen MR) is 140 cm³/mol. The number of carbonyl (C=O) groups is 1. The van der Waals surface area contributed by atoms with Crippen molar-refractivity contribution in [2.75, 3.05) is 36.4 Å². The highest BCUT2D eigenvalue weighted by Gasteiger charge is 2.19. The van der Waals surface area contributed by atoms with Gasteiger partial charge in [-0.05, 0) is 42.3 Å². The van der Waals surface area contributed by atoms with Gasteiger partial charge < -0.3 is 10.2 Å². The van der Waals surface area contributed by atoms with E-state index in [1.807, 2.05) is 61.5 Å². The monoisotopic (exact) mass is 483 g/mol. The van der Waals surface area contributed by atoms with Crippen LogP contribution in [0.2, 0.25) is 0 Å². The second kappa shape index (κ2) is 10.6. The molecule has 1 N–H and O–H groups in total. The lowest BCUT2D eigenvalue weighted by Crippen LogP contribution is -2.45. The number of carbonyl (C=O) groups excluding carboxylic acids is 1. The van der Waals surface area contributed by atoms with E-state index in [-0.39, 0.29) is 12.5 Å². The Morgan fingerprint density at radius 2 is 1.61 bits per heavy atom. The van der Waals surface area contributed by atoms with Crippen LogP contribution in [0, 0.1) is 6.92 Å². The largest absolute Gasteiger partial charge is 0.442 e. The molecule has 1 fully saturated rings. The van der Waals surface area contributed by atoms with E-state index in [1.165, 1.54) is 10.1 Å². The number of amides is 1. The lowest BCUT2D eigenvalue weighted by Gasteiger charge is -2.36. The Morgan fingerprint density at radius 1 is 0.917 bits per heavy atom. The van der Waals surface area contributed by atoms with E-state index in [2.05, 4.69) is 44.5 Å². The summed E-state index contributed by atoms with van der Waals surface area (Å²) in [6, 6.07) is 25.9. The maximum absolute atomic E-state index is 12.7. The number of nitrogens with one attached hydrogen (secondary N) is 1. The molecule has 1 saturated heterocycles. The van der Waals surface area contributed by atoms with Crippen molar-refractivity contribution in [2.45, 2.75) is 20.0 Å². The molecule has 0 unspecified atom stereocenters. The number of anilines is 2. The van der Waals surface area contributed by atoms with Crippen molar-refractivity contribution in [3.8, 4) is 11.4 Å². The minimum atomic E-state index is -0.662. The van der Waals surface area contributed by atoms with Gasteiger partial charge in [-0.15, -0.1) is 0 Å². The maximum Gasteiger partial charge on any atom is 0.442 e. The predicted octanol–water partition coefficient (Wildman–Crippen LogP) is 3.77. The van der Waals surface area contributed by atoms with E-state index in [9.17, 15) is 9.59 Å². The third-order valence-electron chi connectivity index (χ3n) is 6.51. The van der Waals surface area contributed by atoms with E-state index >= 15 is 0 Å². The van der Waals surface area contributed by atoms with Crippen LogP contribution < -0.4 is 16.0 Å². The maximum atomic E-state index is 12.7. The molecule has 1 amide bonds. The fourth-order valence-corrected chi connectivity index (χ4v) is 4.53. The van der Waals surface area contributed by atoms with Gasteiger partial charge in [0.1, 0.15) is 6.54 Å². The Bertz CT molecular complexity index is 1370. The van der Waals surface area contributed by atoms with Gasteiger partial charge >= 0.3 is 5.76 Å². The van der Waals surface area contributed by atoms with Crippen molar-refractivity contribution in [1.82, 2.24) is 14.6 Å². The van der Waals surface area contributed by atoms with Crippen LogP contribution in [0.4, 0.5) is 11.4 Å². The molecule has 1 aliphatic heterocycles. The van der Waals surface area contributed by atoms with Crippen molar-refractivity contribution < 1.29 is 9.32 Å². The number of hydrogen-bond acceptors (Lipinski definition) is 6. The molecule has 8 nitrogen and oxygen atoms in total. The van der Waals surface area contributed by atoms with Gasteiger partial charge in [0.2, 0.25) is 5.91 Å². The third kappa shape index (κ3) is 5.39. The molecule has 184 valence electrons. The second-order valence-corrected chi connectivity index (χ2v) is 9.02. The van der Waals surface area contributed by atoms with Crippen molar-refractivity contribution in [2.24, 2.45) is 0 Å². The van der Waals surface area contributed by atoms with Gasteiger partial charge in [-0.2, -0.15) is 0 Å². The topological polar surface area (TPSA) is 83.6 Å². The fourth-order valence-electron chi connectivity index (χ4n) is 4.53. The molecule has 0 atom stereocenters. The number of nitrogens with zero attached hydrogens (tertiary/aromatic N) is 4. The Labute approximate surface area is 209 Å². The van der Waals surface area contributed by atoms with Crippen LogP contribution in [0.1, 0.15) is 11.1 Å². The van der Waals surface area contributed by atoms with Crippen LogP contribution in [-0.2, 0) is 17.9 Å². The van der Waals surface area contributed by atoms with Gasteiger partial charge in [-0.25, -0.2) is 9.36 Å². The zero-order valence-electron chi connectivity index (χ0n) is 20.3. The third-order valence-corrected chi connectivity index (χ3v) is 6.51. The Morgan fingerprint density at radius 3 is 2.33 bits per heavy atom. The van der Waals surface area contributed by atoms with Gasteiger partial charge in [0, 0.05) is 49.7 Å². The summed E-state index contributed by atoms with van der Waals surface area (Å²) in [5.74, 6) is -0.641. The molecule has 5 rings (SSSR count). The van der Waals surface area contributed by atoms with E-state index in [0.29, 0.717) is 11.5 Å². The molecular formula is C28H29N5O3. The average Bonchev–Trinajstić information content (AvgIpc) is 3.25. The number of benzene rings is 3. The highest BCUT2D eigenvalue weighted by Crippen LogP contribution is 2.22. The quantitative estimate of drug-likeness (QED) is 0.431. The van der Waals surface area contributed by atoms with E-state index in [0.717, 1.165) is 49.5 Å². The molecule has 0 radical (unpaired) electrons. The normalized spacial score (nSPS) is 14.1. The lowest BCUT2D eigenvalue weighted by molar-refractivity contribution is -0.116. The standard InChI is InChI=1S/C28H29N5O3/c1-21-7-5-6-10-25(21)27-30-36-28(35)33(27)20-26(34)29-23-11-13-24(14-12-23)32-17-15-31(16-18-32)19-22-8-3-2-4-9-22/h2-14H,15-20H2,1H3,(H,29,34). The van der Waals surface area contributed by atoms with Crippen molar-refractivity contribution >= 4 is 17.3 Å². The highest BCUT2D eigenvalue weighted by molar-refractivity contribution is 5.91. The summed E-state index contributed by atoms with van der Waals surface area (Å²) in [7, 11) is 0. The lowest BCUT2D eigenvalue weighted by atomic mass is 10.1. The number of aryl methyl sites for hydroxylation is 1. The molecule has 0 aliphatic carbocycles. The SMILES string of the molecule is Cc1ccccc1-c1noc(=O)n1CC(=O)Nc1ccc(N2CCN(Cc3ccccc3)CC2)cc1. The first-order valence-electron chi connectivity index (χ1n) is 12.1. The number of piperazine rings is 1. The Hall–Kier alpha value is -4.17. The Kier molecular flexibility index (Phi) is 6.95. The zero-order chi connectivity index (χ0) is 24.9. The zero-order valence-corrected chi connectivity index (χ0v) is 20.3. The summed E-state index contributed by atoms with van der Waals surface area (Å²) in [6.07, 6.45) is 0. The van der Waals surface area contributed by atoms with Gasteiger partial charge in [0.05, 0.1) is 0 Å². The fraction of sp³-hybridized carbons (Fsp3) is 0.250. The highest BCUT2D eigenvalue weighted by atomic mass is 16.5. The summed E-state index contributed by atoms with van der Waals surface area (Å²) >= 11 is 0. The van der Waals surface area contributed by atoms with Gasteiger partial charge in [-0.3, -0.25) is 14.2 Å². The Balaban J connectivity index is 1.17. The molecule has 0 spiro atoms. The summed E-state index contributed by atoms with van der Waals surface area (Å²) in [4.78, 5) is 29.7. The van der Waals surface area contributed by atoms with Crippen molar-refractivity contribution in [3.05, 3.63) is 101 Å². The summed E-state index contributed by atoms with van der Waals surface area (Å²) in [5, 5.41) is 6.76. The van der Waals surface area contributed by atoms with Crippen LogP contribution in [0.5, 0.6) is 0 Å². The van der Waals surface area contributed by atoms with Crippen LogP contribution in [0.15, 0.2) is 88.2 Å². The molecule has 3 aromatic carbocycles. The van der Waals surface area contributed by atoms with Gasteiger partial charge in [-0.1, -0.05) is 59.8 Å². The van der Waals surface area contributed by atoms with Gasteiger partial charge in [0.25, 0.3) is 0 Å². The summed E-state index contributed by atoms with van der Waals surface area (Å²) < 4.78 is 6.10. The number of aromatic nitrogens is 2. The molecule has 1 aliphatic rings. The molecule has 1 aromatic heterocycles. The average molecular weight is 484 g/mol. The van der Waals surface area contributed by atoms with Gasteiger partial charge in [0.15, 0.2) is 5.82 Å². The van der Waals surface area contributed by atoms with Crippen LogP contribution >= 0.6 is 0 Å². The number of rotatable bonds is 7. The first-order valence-corrected chi connectivity index (χ1v) is 12.1. The molecule has 4 aromatic rings. The first-order chi connectivity index (χ1) is 17.6. The van der Waals surface area contributed by atoms with E-state index < -0.39 is 5.76 Å². The minimum Gasteiger partial charge on any atom is -0.369 e. The van der Waals surface area contributed by atoms with E-state index in [1.54, 1.807) is 0 Å².